The second kappa shape index (κ2) is 7.97. The summed E-state index contributed by atoms with van der Waals surface area (Å²) in [6, 6.07) is -0.0702. The van der Waals surface area contributed by atoms with Crippen LogP contribution in [0.5, 0.6) is 0 Å². The summed E-state index contributed by atoms with van der Waals surface area (Å²) in [5.41, 5.74) is 6.87. The number of aldehydes is 1. The number of fused-ring (bicyclic) bond motifs is 1. The van der Waals surface area contributed by atoms with Crippen LogP contribution in [0.4, 0.5) is 5.95 Å². The molecule has 0 aliphatic heterocycles. The molecule has 4 N–H and O–H groups in total. The molecule has 2 aromatic heterocycles. The molecule has 27 heavy (non-hydrogen) atoms. The minimum atomic E-state index is -3.13. The number of nitrogens with zero attached hydrogens (tertiary/aromatic N) is 3. The highest BCUT2D eigenvalue weighted by atomic mass is 32.7. The van der Waals surface area contributed by atoms with E-state index in [1.54, 1.807) is 6.33 Å². The molecule has 1 fully saturated rings. The van der Waals surface area contributed by atoms with Gasteiger partial charge < -0.3 is 19.6 Å². The largest absolute Gasteiger partial charge is 0.369 e. The van der Waals surface area contributed by atoms with Crippen molar-refractivity contribution in [3.8, 4) is 0 Å². The molecule has 0 aromatic carbocycles. The van der Waals surface area contributed by atoms with Gasteiger partial charge in [-0.2, -0.15) is 4.98 Å². The van der Waals surface area contributed by atoms with Crippen molar-refractivity contribution in [2.45, 2.75) is 18.9 Å². The number of carbonyl (C=O) groups is 1. The number of imidazole rings is 1. The van der Waals surface area contributed by atoms with Crippen LogP contribution in [0.25, 0.3) is 11.2 Å². The van der Waals surface area contributed by atoms with E-state index in [4.69, 9.17) is 10.3 Å². The normalized spacial score (nSPS) is 22.2. The number of nitrogens with two attached hydrogens (primary N) is 1. The third-order valence-electron chi connectivity index (χ3n) is 4.58. The summed E-state index contributed by atoms with van der Waals surface area (Å²) in [5, 5.41) is 2.63. The first kappa shape index (κ1) is 19.8. The number of H-pyrrole nitrogens is 1. The standard InChI is InChI=1S/C15H21N6O4PS/c1-9-10(7-27-26(24,25-2)18-5-6-22)3-4-11(9)21-8-17-12-13(21)19-15(16)20-14(12)23/h6,8,10-11H,1,3-5,7H2,2H3,(H,18,24)(H3,16,19,20,23). The maximum atomic E-state index is 12.5. The Labute approximate surface area is 159 Å². The van der Waals surface area contributed by atoms with E-state index in [0.29, 0.717) is 17.7 Å². The molecular weight excluding hydrogens is 391 g/mol. The van der Waals surface area contributed by atoms with Gasteiger partial charge in [0.05, 0.1) is 18.9 Å². The van der Waals surface area contributed by atoms with Crippen LogP contribution in [-0.4, -0.2) is 45.2 Å². The molecule has 0 spiro atoms. The second-order valence-electron chi connectivity index (χ2n) is 6.14. The van der Waals surface area contributed by atoms with Gasteiger partial charge in [-0.15, -0.1) is 0 Å². The summed E-state index contributed by atoms with van der Waals surface area (Å²) in [5.74, 6) is 0.681. The highest BCUT2D eigenvalue weighted by molar-refractivity contribution is 8.56. The van der Waals surface area contributed by atoms with Crippen molar-refractivity contribution in [3.05, 3.63) is 28.8 Å². The minimum absolute atomic E-state index is 0.0327. The van der Waals surface area contributed by atoms with Crippen LogP contribution >= 0.6 is 18.1 Å². The average molecular weight is 412 g/mol. The Bertz CT molecular complexity index is 973. The van der Waals surface area contributed by atoms with Crippen molar-refractivity contribution in [3.63, 3.8) is 0 Å². The number of anilines is 1. The summed E-state index contributed by atoms with van der Waals surface area (Å²) in [6.07, 6.45) is 3.85. The van der Waals surface area contributed by atoms with Gasteiger partial charge in [0, 0.05) is 12.9 Å². The lowest BCUT2D eigenvalue weighted by molar-refractivity contribution is -0.106. The van der Waals surface area contributed by atoms with E-state index in [0.717, 1.165) is 29.8 Å². The molecule has 1 saturated carbocycles. The molecule has 146 valence electrons. The van der Waals surface area contributed by atoms with Gasteiger partial charge in [-0.1, -0.05) is 23.5 Å². The van der Waals surface area contributed by atoms with Crippen LogP contribution in [0.3, 0.4) is 0 Å². The van der Waals surface area contributed by atoms with Gasteiger partial charge in [0.25, 0.3) is 5.56 Å². The van der Waals surface area contributed by atoms with Crippen LogP contribution in [0.2, 0.25) is 0 Å². The number of carbonyl (C=O) groups excluding carboxylic acids is 1. The SMILES string of the molecule is C=C1C(CSP(=O)(NCC=O)OC)CCC1n1cnc2c(=O)[nH]c(N)nc21. The quantitative estimate of drug-likeness (QED) is 0.333. The molecule has 0 amide bonds. The van der Waals surface area contributed by atoms with Crippen molar-refractivity contribution >= 4 is 41.5 Å². The number of hydrogen-bond donors (Lipinski definition) is 3. The van der Waals surface area contributed by atoms with Crippen LogP contribution in [-0.2, 0) is 13.9 Å². The third-order valence-corrected chi connectivity index (χ3v) is 8.83. The number of aromatic nitrogens is 4. The Hall–Kier alpha value is -1.94. The second-order valence-corrected chi connectivity index (χ2v) is 10.6. The number of hydrogen-bond acceptors (Lipinski definition) is 8. The lowest BCUT2D eigenvalue weighted by Crippen LogP contribution is -2.15. The number of rotatable bonds is 8. The van der Waals surface area contributed by atoms with Gasteiger partial charge in [0.1, 0.15) is 6.29 Å². The highest BCUT2D eigenvalue weighted by Gasteiger charge is 2.33. The van der Waals surface area contributed by atoms with Crippen molar-refractivity contribution in [2.75, 3.05) is 25.1 Å². The van der Waals surface area contributed by atoms with E-state index in [1.807, 2.05) is 4.57 Å². The molecule has 0 saturated heterocycles. The summed E-state index contributed by atoms with van der Waals surface area (Å²) in [7, 11) is 1.35. The van der Waals surface area contributed by atoms with Crippen molar-refractivity contribution in [1.29, 1.82) is 0 Å². The number of nitrogens with one attached hydrogen (secondary N) is 2. The third kappa shape index (κ3) is 4.01. The van der Waals surface area contributed by atoms with E-state index < -0.39 is 6.72 Å². The topological polar surface area (TPSA) is 145 Å². The lowest BCUT2D eigenvalue weighted by atomic mass is 10.1. The smallest absolute Gasteiger partial charge is 0.326 e. The van der Waals surface area contributed by atoms with Crippen LogP contribution in [0.15, 0.2) is 23.3 Å². The zero-order valence-electron chi connectivity index (χ0n) is 14.8. The van der Waals surface area contributed by atoms with E-state index in [9.17, 15) is 14.2 Å². The lowest BCUT2D eigenvalue weighted by Gasteiger charge is -2.20. The maximum Gasteiger partial charge on any atom is 0.326 e. The Kier molecular flexibility index (Phi) is 5.85. The minimum Gasteiger partial charge on any atom is -0.369 e. The molecule has 0 bridgehead atoms. The van der Waals surface area contributed by atoms with E-state index in [2.05, 4.69) is 26.6 Å². The Morgan fingerprint density at radius 3 is 3.07 bits per heavy atom. The van der Waals surface area contributed by atoms with Gasteiger partial charge in [-0.05, 0) is 18.8 Å². The first-order valence-electron chi connectivity index (χ1n) is 8.28. The fourth-order valence-corrected chi connectivity index (χ4v) is 6.50. The van der Waals surface area contributed by atoms with Gasteiger partial charge in [0.15, 0.2) is 11.2 Å². The van der Waals surface area contributed by atoms with E-state index >= 15 is 0 Å². The van der Waals surface area contributed by atoms with E-state index in [-0.39, 0.29) is 35.5 Å². The van der Waals surface area contributed by atoms with Crippen LogP contribution in [0, 0.1) is 5.92 Å². The van der Waals surface area contributed by atoms with E-state index in [1.165, 1.54) is 7.11 Å². The van der Waals surface area contributed by atoms with Gasteiger partial charge in [0.2, 0.25) is 5.95 Å². The molecule has 0 radical (unpaired) electrons. The predicted molar refractivity (Wildman–Crippen MR) is 105 cm³/mol. The molecular formula is C15H21N6O4PS. The van der Waals surface area contributed by atoms with Crippen LogP contribution in [0.1, 0.15) is 18.9 Å². The zero-order chi connectivity index (χ0) is 19.6. The number of nitrogen functional groups attached to an aromatic ring is 1. The van der Waals surface area contributed by atoms with Crippen LogP contribution < -0.4 is 16.4 Å². The highest BCUT2D eigenvalue weighted by Crippen LogP contribution is 2.57. The molecule has 12 heteroatoms. The average Bonchev–Trinajstić information content (AvgIpc) is 3.21. The zero-order valence-corrected chi connectivity index (χ0v) is 16.5. The number of aromatic amines is 1. The molecule has 2 heterocycles. The van der Waals surface area contributed by atoms with Crippen molar-refractivity contribution < 1.29 is 13.9 Å². The van der Waals surface area contributed by atoms with Gasteiger partial charge in [-0.3, -0.25) is 14.3 Å². The summed E-state index contributed by atoms with van der Waals surface area (Å²) in [4.78, 5) is 33.2. The fourth-order valence-electron chi connectivity index (χ4n) is 3.18. The first-order chi connectivity index (χ1) is 12.9. The first-order valence-corrected chi connectivity index (χ1v) is 11.5. The monoisotopic (exact) mass is 412 g/mol. The molecule has 3 rings (SSSR count). The molecule has 1 aliphatic rings. The molecule has 3 atom stereocenters. The molecule has 1 aliphatic carbocycles. The van der Waals surface area contributed by atoms with Crippen molar-refractivity contribution in [1.82, 2.24) is 24.6 Å². The number of allylic oxidation sites excluding steroid dienone is 1. The molecule has 2 aromatic rings. The summed E-state index contributed by atoms with van der Waals surface area (Å²) >= 11 is 1.16. The molecule has 3 unspecified atom stereocenters. The molecule has 10 nitrogen and oxygen atoms in total. The van der Waals surface area contributed by atoms with Gasteiger partial charge in [-0.25, -0.2) is 10.1 Å². The Morgan fingerprint density at radius 1 is 1.59 bits per heavy atom. The Balaban J connectivity index is 1.75. The van der Waals surface area contributed by atoms with Crippen molar-refractivity contribution in [2.24, 2.45) is 5.92 Å². The summed E-state index contributed by atoms with van der Waals surface area (Å²) in [6.45, 7) is 1.04. The fraction of sp³-hybridized carbons (Fsp3) is 0.467. The predicted octanol–water partition coefficient (Wildman–Crippen LogP) is 1.49. The summed E-state index contributed by atoms with van der Waals surface area (Å²) < 4.78 is 19.4. The van der Waals surface area contributed by atoms with Gasteiger partial charge >= 0.3 is 6.72 Å². The maximum absolute atomic E-state index is 12.5. The Morgan fingerprint density at radius 2 is 2.37 bits per heavy atom.